The third-order valence-corrected chi connectivity index (χ3v) is 2.37. The van der Waals surface area contributed by atoms with Crippen molar-refractivity contribution in [1.29, 1.82) is 0 Å². The van der Waals surface area contributed by atoms with Gasteiger partial charge in [-0.1, -0.05) is 0 Å². The van der Waals surface area contributed by atoms with Crippen LogP contribution in [-0.2, 0) is 28.5 Å². The molecule has 19 heavy (non-hydrogen) atoms. The second-order valence-corrected chi connectivity index (χ2v) is 4.24. The van der Waals surface area contributed by atoms with Gasteiger partial charge in [0.05, 0.1) is 26.1 Å². The minimum Gasteiger partial charge on any atom is -0.393 e. The van der Waals surface area contributed by atoms with Crippen LogP contribution in [0.25, 0.3) is 0 Å². The normalized spacial score (nSPS) is 22.5. The highest BCUT2D eigenvalue weighted by Crippen LogP contribution is 2.03. The third kappa shape index (κ3) is 11.8. The fraction of sp³-hybridized carbons (Fsp3) is 0.846. The lowest BCUT2D eigenvalue weighted by Crippen LogP contribution is -2.09. The number of rotatable bonds is 0. The molecule has 0 radical (unpaired) electrons. The molecule has 0 aromatic carbocycles. The molecular formula is C13H22O6. The SMILES string of the molecule is C1CCOC1.C1CO1.C1COC1.O=C1CCC(=O)O1. The van der Waals surface area contributed by atoms with Crippen LogP contribution < -0.4 is 0 Å². The molecule has 0 spiro atoms. The number of hydrogen-bond acceptors (Lipinski definition) is 6. The third-order valence-electron chi connectivity index (χ3n) is 2.37. The molecule has 0 unspecified atom stereocenters. The molecule has 0 N–H and O–H groups in total. The summed E-state index contributed by atoms with van der Waals surface area (Å²) in [5.74, 6) is -0.796. The van der Waals surface area contributed by atoms with Crippen LogP contribution in [0.4, 0.5) is 0 Å². The minimum absolute atomic E-state index is 0.263. The van der Waals surface area contributed by atoms with Gasteiger partial charge in [0.2, 0.25) is 0 Å². The maximum Gasteiger partial charge on any atom is 0.314 e. The number of hydrogen-bond donors (Lipinski definition) is 0. The van der Waals surface area contributed by atoms with E-state index in [1.165, 1.54) is 19.3 Å². The summed E-state index contributed by atoms with van der Waals surface area (Å²) in [4.78, 5) is 20.0. The van der Waals surface area contributed by atoms with Crippen LogP contribution in [0.15, 0.2) is 0 Å². The van der Waals surface area contributed by atoms with Crippen molar-refractivity contribution in [3.05, 3.63) is 0 Å². The lowest BCUT2D eigenvalue weighted by molar-refractivity contribution is -0.151. The maximum atomic E-state index is 10.0. The van der Waals surface area contributed by atoms with Crippen molar-refractivity contribution in [2.45, 2.75) is 32.1 Å². The highest BCUT2D eigenvalue weighted by molar-refractivity contribution is 5.92. The standard InChI is InChI=1S/C4H4O3.C4H8O.C3H6O.C2H4O/c5-3-1-2-4(6)7-3;1-2-4-5-3-1;1-2-4-3-1;1-2-3-1/h1-2H2;1-4H2;1-3H2;1-2H2. The summed E-state index contributed by atoms with van der Waals surface area (Å²) < 4.78 is 18.2. The Kier molecular flexibility index (Phi) is 9.22. The Labute approximate surface area is 113 Å². The van der Waals surface area contributed by atoms with Crippen molar-refractivity contribution in [2.75, 3.05) is 39.6 Å². The highest BCUT2D eigenvalue weighted by atomic mass is 16.6. The summed E-state index contributed by atoms with van der Waals surface area (Å²) in [5, 5.41) is 0. The highest BCUT2D eigenvalue weighted by Gasteiger charge is 2.19. The van der Waals surface area contributed by atoms with E-state index in [0.717, 1.165) is 39.6 Å². The van der Waals surface area contributed by atoms with Gasteiger partial charge in [0.15, 0.2) is 0 Å². The van der Waals surface area contributed by atoms with Crippen molar-refractivity contribution in [2.24, 2.45) is 0 Å². The van der Waals surface area contributed by atoms with Crippen LogP contribution in [0.1, 0.15) is 32.1 Å². The molecule has 4 aliphatic rings. The zero-order valence-corrected chi connectivity index (χ0v) is 11.2. The van der Waals surface area contributed by atoms with Crippen LogP contribution in [0.3, 0.4) is 0 Å². The van der Waals surface area contributed by atoms with Gasteiger partial charge in [-0.25, -0.2) is 0 Å². The molecule has 4 saturated heterocycles. The summed E-state index contributed by atoms with van der Waals surface area (Å²) in [6.45, 7) is 6.00. The molecule has 0 aromatic heterocycles. The van der Waals surface area contributed by atoms with Crippen molar-refractivity contribution < 1.29 is 28.5 Å². The minimum atomic E-state index is -0.398. The van der Waals surface area contributed by atoms with E-state index in [1.54, 1.807) is 0 Å². The second-order valence-electron chi connectivity index (χ2n) is 4.24. The number of epoxide rings is 1. The summed E-state index contributed by atoms with van der Waals surface area (Å²) in [6.07, 6.45) is 4.36. The van der Waals surface area contributed by atoms with E-state index in [4.69, 9.17) is 9.47 Å². The van der Waals surface area contributed by atoms with Gasteiger partial charge in [-0.3, -0.25) is 9.59 Å². The first-order chi connectivity index (χ1) is 9.29. The summed E-state index contributed by atoms with van der Waals surface area (Å²) in [7, 11) is 0. The first kappa shape index (κ1) is 16.1. The van der Waals surface area contributed by atoms with E-state index >= 15 is 0 Å². The van der Waals surface area contributed by atoms with E-state index in [2.05, 4.69) is 9.47 Å². The summed E-state index contributed by atoms with van der Waals surface area (Å²) in [6, 6.07) is 0. The Morgan fingerprint density at radius 1 is 0.579 bits per heavy atom. The molecule has 6 heteroatoms. The number of carbonyl (C=O) groups excluding carboxylic acids is 2. The Hall–Kier alpha value is -0.980. The predicted octanol–water partition coefficient (Wildman–Crippen LogP) is 1.07. The monoisotopic (exact) mass is 274 g/mol. The van der Waals surface area contributed by atoms with E-state index in [0.29, 0.717) is 0 Å². The van der Waals surface area contributed by atoms with Gasteiger partial charge in [0, 0.05) is 26.4 Å². The van der Waals surface area contributed by atoms with Gasteiger partial charge in [0.1, 0.15) is 0 Å². The fourth-order valence-corrected chi connectivity index (χ4v) is 1.09. The van der Waals surface area contributed by atoms with E-state index in [9.17, 15) is 9.59 Å². The quantitative estimate of drug-likeness (QED) is 0.374. The Morgan fingerprint density at radius 2 is 1.00 bits per heavy atom. The van der Waals surface area contributed by atoms with Crippen LogP contribution in [0.2, 0.25) is 0 Å². The second kappa shape index (κ2) is 10.9. The molecule has 4 aliphatic heterocycles. The molecule has 4 heterocycles. The molecule has 0 atom stereocenters. The lowest BCUT2D eigenvalue weighted by atomic mass is 10.4. The maximum absolute atomic E-state index is 10.0. The Bertz CT molecular complexity index is 227. The predicted molar refractivity (Wildman–Crippen MR) is 66.6 cm³/mol. The van der Waals surface area contributed by atoms with Crippen molar-refractivity contribution in [3.63, 3.8) is 0 Å². The van der Waals surface area contributed by atoms with Gasteiger partial charge in [-0.15, -0.1) is 0 Å². The number of ether oxygens (including phenoxy) is 4. The Balaban J connectivity index is 0.000000132. The van der Waals surface area contributed by atoms with E-state index in [-0.39, 0.29) is 12.8 Å². The topological polar surface area (TPSA) is 74.4 Å². The van der Waals surface area contributed by atoms with Crippen LogP contribution in [-0.4, -0.2) is 51.6 Å². The van der Waals surface area contributed by atoms with Crippen LogP contribution >= 0.6 is 0 Å². The van der Waals surface area contributed by atoms with Crippen molar-refractivity contribution >= 4 is 11.9 Å². The molecule has 4 rings (SSSR count). The van der Waals surface area contributed by atoms with Gasteiger partial charge in [-0.2, -0.15) is 0 Å². The first-order valence-electron chi connectivity index (χ1n) is 6.76. The first-order valence-corrected chi connectivity index (χ1v) is 6.76. The van der Waals surface area contributed by atoms with Crippen LogP contribution in [0, 0.1) is 0 Å². The average molecular weight is 274 g/mol. The molecule has 0 bridgehead atoms. The molecular weight excluding hydrogens is 252 g/mol. The van der Waals surface area contributed by atoms with E-state index in [1.807, 2.05) is 0 Å². The Morgan fingerprint density at radius 3 is 1.11 bits per heavy atom. The van der Waals surface area contributed by atoms with Gasteiger partial charge in [-0.05, 0) is 19.3 Å². The zero-order valence-electron chi connectivity index (χ0n) is 11.2. The fourth-order valence-electron chi connectivity index (χ4n) is 1.09. The molecule has 4 fully saturated rings. The molecule has 0 aliphatic carbocycles. The lowest BCUT2D eigenvalue weighted by Gasteiger charge is -2.09. The molecule has 110 valence electrons. The number of carbonyl (C=O) groups is 2. The van der Waals surface area contributed by atoms with Gasteiger partial charge < -0.3 is 18.9 Å². The summed E-state index contributed by atoms with van der Waals surface area (Å²) in [5.41, 5.74) is 0. The van der Waals surface area contributed by atoms with Crippen LogP contribution in [0.5, 0.6) is 0 Å². The molecule has 0 saturated carbocycles. The van der Waals surface area contributed by atoms with Crippen molar-refractivity contribution in [3.8, 4) is 0 Å². The van der Waals surface area contributed by atoms with Gasteiger partial charge >= 0.3 is 11.9 Å². The number of cyclic esters (lactones) is 2. The smallest absolute Gasteiger partial charge is 0.314 e. The largest absolute Gasteiger partial charge is 0.393 e. The molecule has 6 nitrogen and oxygen atoms in total. The van der Waals surface area contributed by atoms with Gasteiger partial charge in [0.25, 0.3) is 0 Å². The zero-order chi connectivity index (χ0) is 13.8. The molecule has 0 amide bonds. The number of esters is 2. The van der Waals surface area contributed by atoms with Crippen molar-refractivity contribution in [1.82, 2.24) is 0 Å². The average Bonchev–Trinajstić information content (AvgIpc) is 2.96. The van der Waals surface area contributed by atoms with E-state index < -0.39 is 11.9 Å². The molecule has 0 aromatic rings. The summed E-state index contributed by atoms with van der Waals surface area (Å²) >= 11 is 0.